The molecule has 1 saturated heterocycles. The highest BCUT2D eigenvalue weighted by molar-refractivity contribution is 7.98. The molecule has 0 N–H and O–H groups in total. The molecule has 2 heterocycles. The van der Waals surface area contributed by atoms with Crippen LogP contribution in [0.2, 0.25) is 5.02 Å². The van der Waals surface area contributed by atoms with Gasteiger partial charge in [0.15, 0.2) is 11.0 Å². The van der Waals surface area contributed by atoms with E-state index in [2.05, 4.69) is 31.8 Å². The number of aromatic nitrogens is 3. The van der Waals surface area contributed by atoms with E-state index in [0.29, 0.717) is 10.8 Å². The van der Waals surface area contributed by atoms with E-state index in [9.17, 15) is 0 Å². The molecule has 1 fully saturated rings. The molecule has 0 bridgehead atoms. The van der Waals surface area contributed by atoms with Crippen molar-refractivity contribution < 1.29 is 4.74 Å². The molecule has 0 atom stereocenters. The van der Waals surface area contributed by atoms with Crippen molar-refractivity contribution in [1.29, 1.82) is 0 Å². The summed E-state index contributed by atoms with van der Waals surface area (Å²) in [6.07, 6.45) is 2.52. The van der Waals surface area contributed by atoms with Crippen LogP contribution in [-0.2, 0) is 12.3 Å². The maximum absolute atomic E-state index is 6.18. The molecule has 3 aromatic rings. The summed E-state index contributed by atoms with van der Waals surface area (Å²) in [4.78, 5) is 2.44. The second kappa shape index (κ2) is 8.99. The quantitative estimate of drug-likeness (QED) is 0.518. The number of para-hydroxylation sites is 1. The van der Waals surface area contributed by atoms with Crippen LogP contribution in [0.3, 0.4) is 0 Å². The number of benzene rings is 2. The molecule has 0 aliphatic carbocycles. The summed E-state index contributed by atoms with van der Waals surface area (Å²) in [6, 6.07) is 16.0. The third kappa shape index (κ3) is 4.35. The van der Waals surface area contributed by atoms with Crippen LogP contribution in [-0.4, -0.2) is 39.9 Å². The summed E-state index contributed by atoms with van der Waals surface area (Å²) < 4.78 is 7.64. The summed E-state index contributed by atoms with van der Waals surface area (Å²) >= 11 is 7.82. The fraction of sp³-hybridized carbons (Fsp3) is 0.333. The van der Waals surface area contributed by atoms with E-state index in [1.54, 1.807) is 18.9 Å². The third-order valence-electron chi connectivity index (χ3n) is 4.88. The van der Waals surface area contributed by atoms with Gasteiger partial charge >= 0.3 is 0 Å². The van der Waals surface area contributed by atoms with Crippen LogP contribution >= 0.6 is 23.4 Å². The Morgan fingerprint density at radius 2 is 1.86 bits per heavy atom. The van der Waals surface area contributed by atoms with Crippen molar-refractivity contribution in [3.63, 3.8) is 0 Å². The summed E-state index contributed by atoms with van der Waals surface area (Å²) in [7, 11) is 1.68. The van der Waals surface area contributed by atoms with Gasteiger partial charge in [-0.2, -0.15) is 0 Å². The third-order valence-corrected chi connectivity index (χ3v) is 6.09. The molecule has 1 aromatic heterocycles. The molecule has 2 aromatic carbocycles. The molecule has 0 saturated carbocycles. The van der Waals surface area contributed by atoms with Crippen LogP contribution in [0.25, 0.3) is 5.69 Å². The first kappa shape index (κ1) is 19.3. The Balaban J connectivity index is 1.61. The standard InChI is InChI=1S/C21H23ClN4OS/c1-27-19-10-9-17(22)13-16(19)15-28-21-24-23-20(14-25-11-5-6-12-25)26(21)18-7-3-2-4-8-18/h2-4,7-10,13H,5-6,11-12,14-15H2,1H3. The fourth-order valence-corrected chi connectivity index (χ4v) is 4.62. The van der Waals surface area contributed by atoms with Crippen LogP contribution in [0.1, 0.15) is 24.2 Å². The van der Waals surface area contributed by atoms with Gasteiger partial charge < -0.3 is 4.74 Å². The second-order valence-electron chi connectivity index (χ2n) is 6.80. The minimum Gasteiger partial charge on any atom is -0.496 e. The van der Waals surface area contributed by atoms with Gasteiger partial charge in [0.05, 0.1) is 13.7 Å². The number of methoxy groups -OCH3 is 1. The molecule has 4 rings (SSSR count). The highest BCUT2D eigenvalue weighted by Crippen LogP contribution is 2.31. The number of rotatable bonds is 7. The monoisotopic (exact) mass is 414 g/mol. The lowest BCUT2D eigenvalue weighted by Crippen LogP contribution is -2.21. The average Bonchev–Trinajstić information content (AvgIpc) is 3.37. The summed E-state index contributed by atoms with van der Waals surface area (Å²) in [5.41, 5.74) is 2.13. The minimum atomic E-state index is 0.704. The Labute approximate surface area is 174 Å². The van der Waals surface area contributed by atoms with Gasteiger partial charge in [0, 0.05) is 22.0 Å². The highest BCUT2D eigenvalue weighted by Gasteiger charge is 2.19. The maximum Gasteiger partial charge on any atom is 0.196 e. The molecule has 7 heteroatoms. The lowest BCUT2D eigenvalue weighted by molar-refractivity contribution is 0.319. The van der Waals surface area contributed by atoms with Gasteiger partial charge in [-0.3, -0.25) is 9.47 Å². The zero-order valence-corrected chi connectivity index (χ0v) is 17.4. The van der Waals surface area contributed by atoms with Crippen molar-refractivity contribution in [3.05, 3.63) is 64.9 Å². The van der Waals surface area contributed by atoms with Gasteiger partial charge in [0.25, 0.3) is 0 Å². The smallest absolute Gasteiger partial charge is 0.196 e. The van der Waals surface area contributed by atoms with Gasteiger partial charge in [-0.1, -0.05) is 41.6 Å². The first-order valence-electron chi connectivity index (χ1n) is 9.42. The van der Waals surface area contributed by atoms with E-state index >= 15 is 0 Å². The van der Waals surface area contributed by atoms with Gasteiger partial charge in [0.2, 0.25) is 0 Å². The lowest BCUT2D eigenvalue weighted by Gasteiger charge is -2.16. The van der Waals surface area contributed by atoms with Crippen molar-refractivity contribution >= 4 is 23.4 Å². The first-order valence-corrected chi connectivity index (χ1v) is 10.8. The molecule has 146 valence electrons. The van der Waals surface area contributed by atoms with Crippen molar-refractivity contribution in [2.75, 3.05) is 20.2 Å². The number of hydrogen-bond donors (Lipinski definition) is 0. The maximum atomic E-state index is 6.18. The van der Waals surface area contributed by atoms with Crippen LogP contribution < -0.4 is 4.74 Å². The van der Waals surface area contributed by atoms with Crippen LogP contribution in [0.4, 0.5) is 0 Å². The SMILES string of the molecule is COc1ccc(Cl)cc1CSc1nnc(CN2CCCC2)n1-c1ccccc1. The number of hydrogen-bond acceptors (Lipinski definition) is 5. The van der Waals surface area contributed by atoms with Crippen LogP contribution in [0.15, 0.2) is 53.7 Å². The Morgan fingerprint density at radius 3 is 2.61 bits per heavy atom. The van der Waals surface area contributed by atoms with Gasteiger partial charge in [-0.25, -0.2) is 0 Å². The highest BCUT2D eigenvalue weighted by atomic mass is 35.5. The normalized spacial score (nSPS) is 14.5. The van der Waals surface area contributed by atoms with Crippen LogP contribution in [0, 0.1) is 0 Å². The van der Waals surface area contributed by atoms with Crippen molar-refractivity contribution in [1.82, 2.24) is 19.7 Å². The molecule has 1 aliphatic rings. The molecule has 1 aliphatic heterocycles. The number of thioether (sulfide) groups is 1. The van der Waals surface area contributed by atoms with Crippen molar-refractivity contribution in [3.8, 4) is 11.4 Å². The molecule has 0 unspecified atom stereocenters. The number of likely N-dealkylation sites (tertiary alicyclic amines) is 1. The Hall–Kier alpha value is -2.02. The molecular weight excluding hydrogens is 392 g/mol. The fourth-order valence-electron chi connectivity index (χ4n) is 3.48. The summed E-state index contributed by atoms with van der Waals surface area (Å²) in [5, 5.41) is 10.6. The van der Waals surface area contributed by atoms with E-state index < -0.39 is 0 Å². The molecule has 0 radical (unpaired) electrons. The van der Waals surface area contributed by atoms with Gasteiger partial charge in [0.1, 0.15) is 5.75 Å². The first-order chi connectivity index (χ1) is 13.7. The zero-order chi connectivity index (χ0) is 19.3. The number of halogens is 1. The summed E-state index contributed by atoms with van der Waals surface area (Å²) in [5.74, 6) is 2.52. The second-order valence-corrected chi connectivity index (χ2v) is 8.18. The van der Waals surface area contributed by atoms with E-state index in [1.165, 1.54) is 12.8 Å². The van der Waals surface area contributed by atoms with E-state index in [4.69, 9.17) is 16.3 Å². The predicted molar refractivity (Wildman–Crippen MR) is 113 cm³/mol. The molecule has 5 nitrogen and oxygen atoms in total. The van der Waals surface area contributed by atoms with Crippen molar-refractivity contribution in [2.45, 2.75) is 30.3 Å². The largest absolute Gasteiger partial charge is 0.496 e. The van der Waals surface area contributed by atoms with Crippen molar-refractivity contribution in [2.24, 2.45) is 0 Å². The van der Waals surface area contributed by atoms with E-state index in [-0.39, 0.29) is 0 Å². The molecule has 28 heavy (non-hydrogen) atoms. The van der Waals surface area contributed by atoms with Gasteiger partial charge in [-0.15, -0.1) is 10.2 Å². The zero-order valence-electron chi connectivity index (χ0n) is 15.8. The molecule has 0 amide bonds. The Bertz CT molecular complexity index is 925. The summed E-state index contributed by atoms with van der Waals surface area (Å²) in [6.45, 7) is 3.08. The number of ether oxygens (including phenoxy) is 1. The average molecular weight is 415 g/mol. The molecule has 0 spiro atoms. The minimum absolute atomic E-state index is 0.704. The lowest BCUT2D eigenvalue weighted by atomic mass is 10.2. The van der Waals surface area contributed by atoms with Crippen LogP contribution in [0.5, 0.6) is 5.75 Å². The number of nitrogens with zero attached hydrogens (tertiary/aromatic N) is 4. The predicted octanol–water partition coefficient (Wildman–Crippen LogP) is 4.82. The van der Waals surface area contributed by atoms with E-state index in [1.807, 2.05) is 36.4 Å². The topological polar surface area (TPSA) is 43.2 Å². The van der Waals surface area contributed by atoms with E-state index in [0.717, 1.165) is 47.6 Å². The Kier molecular flexibility index (Phi) is 6.20. The molecular formula is C21H23ClN4OS. The Morgan fingerprint density at radius 1 is 1.07 bits per heavy atom. The van der Waals surface area contributed by atoms with Gasteiger partial charge in [-0.05, 0) is 56.3 Å².